The fourth-order valence-electron chi connectivity index (χ4n) is 5.82. The first-order valence-corrected chi connectivity index (χ1v) is 15.6. The number of halogens is 3. The van der Waals surface area contributed by atoms with E-state index in [-0.39, 0.29) is 25.4 Å². The van der Waals surface area contributed by atoms with Crippen molar-refractivity contribution in [2.45, 2.75) is 60.7 Å². The first kappa shape index (κ1) is 32.2. The first-order chi connectivity index (χ1) is 20.7. The Morgan fingerprint density at radius 1 is 1.00 bits per heavy atom. The summed E-state index contributed by atoms with van der Waals surface area (Å²) in [7, 11) is 1.76. The van der Waals surface area contributed by atoms with Gasteiger partial charge in [-0.3, -0.25) is 9.69 Å². The second kappa shape index (κ2) is 14.7. The van der Waals surface area contributed by atoms with E-state index < -0.39 is 16.0 Å². The van der Waals surface area contributed by atoms with Crippen LogP contribution in [-0.2, 0) is 32.2 Å². The zero-order valence-corrected chi connectivity index (χ0v) is 26.3. The second-order valence-electron chi connectivity index (χ2n) is 11.1. The third kappa shape index (κ3) is 8.50. The molecule has 2 heterocycles. The largest absolute Gasteiger partial charge is 0.392 e. The number of benzene rings is 3. The molecule has 0 bridgehead atoms. The van der Waals surface area contributed by atoms with E-state index in [1.54, 1.807) is 7.11 Å². The lowest BCUT2D eigenvalue weighted by molar-refractivity contribution is -0.253. The van der Waals surface area contributed by atoms with Crippen LogP contribution < -0.4 is 5.32 Å². The number of likely N-dealkylation sites (tertiary alicyclic amines) is 1. The number of alkyl halides is 3. The molecule has 0 aliphatic carbocycles. The van der Waals surface area contributed by atoms with E-state index in [1.165, 1.54) is 0 Å². The lowest BCUT2D eigenvalue weighted by Gasteiger charge is -2.39. The van der Waals surface area contributed by atoms with Gasteiger partial charge in [-0.1, -0.05) is 95.5 Å². The lowest BCUT2D eigenvalue weighted by Crippen LogP contribution is -2.42. The van der Waals surface area contributed by atoms with Crippen molar-refractivity contribution in [1.82, 2.24) is 10.2 Å². The molecule has 3 aromatic carbocycles. The predicted octanol–water partition coefficient (Wildman–Crippen LogP) is 6.49. The fourth-order valence-corrected chi connectivity index (χ4v) is 6.02. The van der Waals surface area contributed by atoms with Crippen LogP contribution in [0.2, 0.25) is 0 Å². The summed E-state index contributed by atoms with van der Waals surface area (Å²) in [5.41, 5.74) is 5.69. The number of hydrogen-bond acceptors (Lipinski definition) is 6. The summed E-state index contributed by atoms with van der Waals surface area (Å²) in [6.45, 7) is 2.79. The third-order valence-corrected chi connectivity index (χ3v) is 8.56. The van der Waals surface area contributed by atoms with Crippen molar-refractivity contribution in [3.63, 3.8) is 0 Å². The Labute approximate surface area is 268 Å². The normalized spacial score (nSPS) is 22.9. The van der Waals surface area contributed by atoms with Crippen molar-refractivity contribution >= 4 is 40.7 Å². The lowest BCUT2D eigenvalue weighted by atomic mass is 9.98. The van der Waals surface area contributed by atoms with Crippen molar-refractivity contribution in [2.24, 2.45) is 0 Å². The van der Waals surface area contributed by atoms with Crippen molar-refractivity contribution in [1.29, 1.82) is 0 Å². The van der Waals surface area contributed by atoms with Crippen LogP contribution in [0, 0.1) is 0 Å². The number of methoxy groups -OCH3 is 1. The summed E-state index contributed by atoms with van der Waals surface area (Å²) >= 11 is 17.1. The van der Waals surface area contributed by atoms with E-state index in [1.807, 2.05) is 66.7 Å². The molecule has 10 heteroatoms. The van der Waals surface area contributed by atoms with Gasteiger partial charge < -0.3 is 24.6 Å². The van der Waals surface area contributed by atoms with Gasteiger partial charge in [0.25, 0.3) is 9.70 Å². The van der Waals surface area contributed by atoms with Crippen LogP contribution in [0.3, 0.4) is 0 Å². The molecule has 4 atom stereocenters. The van der Waals surface area contributed by atoms with Crippen molar-refractivity contribution in [2.75, 3.05) is 26.8 Å². The van der Waals surface area contributed by atoms with E-state index in [0.29, 0.717) is 12.6 Å². The molecule has 0 spiro atoms. The summed E-state index contributed by atoms with van der Waals surface area (Å²) in [6.07, 6.45) is 2.26. The highest BCUT2D eigenvalue weighted by Gasteiger charge is 2.35. The molecule has 2 aliphatic heterocycles. The Kier molecular flexibility index (Phi) is 11.0. The summed E-state index contributed by atoms with van der Waals surface area (Å²) < 4.78 is 16.7. The van der Waals surface area contributed by atoms with Crippen LogP contribution in [-0.4, -0.2) is 58.7 Å². The smallest absolute Gasteiger partial charge is 0.272 e. The van der Waals surface area contributed by atoms with Gasteiger partial charge in [-0.2, -0.15) is 0 Å². The quantitative estimate of drug-likeness (QED) is 0.245. The van der Waals surface area contributed by atoms with Gasteiger partial charge in [0.15, 0.2) is 6.29 Å². The van der Waals surface area contributed by atoms with E-state index >= 15 is 0 Å². The van der Waals surface area contributed by atoms with Gasteiger partial charge in [-0.05, 0) is 59.3 Å². The van der Waals surface area contributed by atoms with Gasteiger partial charge in [0, 0.05) is 38.2 Å². The predicted molar refractivity (Wildman–Crippen MR) is 169 cm³/mol. The molecule has 1 amide bonds. The Balaban J connectivity index is 1.36. The summed E-state index contributed by atoms with van der Waals surface area (Å²) in [5, 5.41) is 12.2. The Hall–Kier alpha value is -2.20. The number of aliphatic hydroxyl groups is 1. The number of nitrogens with zero attached hydrogens (tertiary/aromatic N) is 1. The average Bonchev–Trinajstić information content (AvgIpc) is 3.45. The topological polar surface area (TPSA) is 80.3 Å². The molecule has 0 aromatic heterocycles. The zero-order chi connectivity index (χ0) is 30.4. The van der Waals surface area contributed by atoms with Crippen molar-refractivity contribution < 1.29 is 24.1 Å². The van der Waals surface area contributed by atoms with E-state index in [4.69, 9.17) is 49.0 Å². The van der Waals surface area contributed by atoms with Gasteiger partial charge >= 0.3 is 0 Å². The highest BCUT2D eigenvalue weighted by molar-refractivity contribution is 6.76. The van der Waals surface area contributed by atoms with Crippen LogP contribution in [0.4, 0.5) is 0 Å². The number of ether oxygens (including phenoxy) is 3. The van der Waals surface area contributed by atoms with Crippen LogP contribution in [0.5, 0.6) is 0 Å². The molecule has 0 saturated carbocycles. The minimum absolute atomic E-state index is 0.00325. The van der Waals surface area contributed by atoms with Gasteiger partial charge in [-0.15, -0.1) is 0 Å². The van der Waals surface area contributed by atoms with Crippen LogP contribution in [0.1, 0.15) is 53.9 Å². The molecule has 5 rings (SSSR count). The summed E-state index contributed by atoms with van der Waals surface area (Å²) in [4.78, 5) is 14.5. The molecule has 2 N–H and O–H groups in total. The second-order valence-corrected chi connectivity index (χ2v) is 13.4. The minimum Gasteiger partial charge on any atom is -0.392 e. The molecule has 0 radical (unpaired) electrons. The van der Waals surface area contributed by atoms with Crippen LogP contribution in [0.25, 0.3) is 11.1 Å². The fraction of sp³-hybridized carbons (Fsp3) is 0.424. The van der Waals surface area contributed by atoms with Crippen molar-refractivity contribution in [3.8, 4) is 11.1 Å². The van der Waals surface area contributed by atoms with E-state index in [9.17, 15) is 9.90 Å². The summed E-state index contributed by atoms with van der Waals surface area (Å²) in [6, 6.07) is 24.3. The zero-order valence-electron chi connectivity index (χ0n) is 24.1. The maximum atomic E-state index is 12.0. The SMILES string of the molecule is COCC1CCCN1CC1CC(c2ccc(CO)cc2)OC(c2cccc(-c3cccc(CNC(=O)C(Cl)(Cl)Cl)c3)c2)O1. The number of rotatable bonds is 10. The summed E-state index contributed by atoms with van der Waals surface area (Å²) in [5.74, 6) is -0.672. The Morgan fingerprint density at radius 3 is 2.47 bits per heavy atom. The van der Waals surface area contributed by atoms with Crippen LogP contribution in [0.15, 0.2) is 72.8 Å². The maximum absolute atomic E-state index is 12.0. The van der Waals surface area contributed by atoms with Crippen LogP contribution >= 0.6 is 34.8 Å². The monoisotopic (exact) mass is 646 g/mol. The number of carbonyl (C=O) groups excluding carboxylic acids is 1. The number of nitrogens with one attached hydrogen (secondary N) is 1. The first-order valence-electron chi connectivity index (χ1n) is 14.5. The highest BCUT2D eigenvalue weighted by atomic mass is 35.6. The molecule has 4 unspecified atom stereocenters. The molecule has 7 nitrogen and oxygen atoms in total. The average molecular weight is 648 g/mol. The van der Waals surface area contributed by atoms with E-state index in [2.05, 4.69) is 16.3 Å². The molecule has 43 heavy (non-hydrogen) atoms. The Bertz CT molecular complexity index is 1370. The molecular weight excluding hydrogens is 611 g/mol. The minimum atomic E-state index is -2.01. The molecule has 3 aromatic rings. The molecule has 230 valence electrons. The molecular formula is C33H37Cl3N2O5. The standard InChI is InChI=1S/C33H37Cl3N2O5/c1-41-21-28-9-4-14-38(28)19-29-17-30(24-12-10-22(20-39)11-13-24)43-31(42-29)27-8-3-7-26(16-27)25-6-2-5-23(15-25)18-37-32(40)33(34,35)36/h2-3,5-8,10-13,15-16,28-31,39H,4,9,14,17-21H2,1H3,(H,37,40). The molecule has 2 saturated heterocycles. The van der Waals surface area contributed by atoms with Crippen molar-refractivity contribution in [3.05, 3.63) is 95.1 Å². The number of amides is 1. The molecule has 2 fully saturated rings. The van der Waals surface area contributed by atoms with Gasteiger partial charge in [0.1, 0.15) is 0 Å². The van der Waals surface area contributed by atoms with Gasteiger partial charge in [0.2, 0.25) is 0 Å². The Morgan fingerprint density at radius 2 is 1.74 bits per heavy atom. The number of carbonyl (C=O) groups is 1. The van der Waals surface area contributed by atoms with Gasteiger partial charge in [-0.25, -0.2) is 0 Å². The number of aliphatic hydroxyl groups excluding tert-OH is 1. The maximum Gasteiger partial charge on any atom is 0.272 e. The van der Waals surface area contributed by atoms with E-state index in [0.717, 1.165) is 65.7 Å². The van der Waals surface area contributed by atoms with Gasteiger partial charge in [0.05, 0.1) is 25.4 Å². The number of hydrogen-bond donors (Lipinski definition) is 2. The molecule has 2 aliphatic rings. The third-order valence-electron chi connectivity index (χ3n) is 8.04. The highest BCUT2D eigenvalue weighted by Crippen LogP contribution is 2.39.